The first-order valence-corrected chi connectivity index (χ1v) is 12.3. The molecule has 2 fully saturated rings. The number of rotatable bonds is 7. The first-order valence-electron chi connectivity index (χ1n) is 10.8. The Bertz CT molecular complexity index is 1000. The number of carbonyl (C=O) groups excluding carboxylic acids is 1. The van der Waals surface area contributed by atoms with Gasteiger partial charge in [0.1, 0.15) is 6.54 Å². The Morgan fingerprint density at radius 3 is 2.30 bits per heavy atom. The molecule has 2 saturated carbocycles. The molecule has 6 heteroatoms. The first-order chi connectivity index (χ1) is 14.4. The lowest BCUT2D eigenvalue weighted by atomic mass is 9.95. The number of anilines is 1. The van der Waals surface area contributed by atoms with Crippen molar-refractivity contribution in [2.24, 2.45) is 11.8 Å². The Morgan fingerprint density at radius 1 is 1.03 bits per heavy atom. The summed E-state index contributed by atoms with van der Waals surface area (Å²) in [5.74, 6) is 1.03. The van der Waals surface area contributed by atoms with Crippen LogP contribution in [0.3, 0.4) is 0 Å². The van der Waals surface area contributed by atoms with E-state index in [-0.39, 0.29) is 23.4 Å². The molecule has 3 atom stereocenters. The molecule has 0 radical (unpaired) electrons. The Labute approximate surface area is 179 Å². The highest BCUT2D eigenvalue weighted by molar-refractivity contribution is 7.92. The third-order valence-electron chi connectivity index (χ3n) is 6.61. The van der Waals surface area contributed by atoms with E-state index in [9.17, 15) is 13.2 Å². The molecule has 5 nitrogen and oxygen atoms in total. The van der Waals surface area contributed by atoms with Crippen molar-refractivity contribution >= 4 is 21.6 Å². The number of carbonyl (C=O) groups is 1. The Balaban J connectivity index is 1.59. The average Bonchev–Trinajstić information content (AvgIpc) is 3.35. The molecular weight excluding hydrogens is 396 g/mol. The molecule has 0 unspecified atom stereocenters. The fraction of sp³-hybridized carbons (Fsp3) is 0.458. The highest BCUT2D eigenvalue weighted by Crippen LogP contribution is 2.44. The van der Waals surface area contributed by atoms with Gasteiger partial charge >= 0.3 is 0 Å². The zero-order valence-corrected chi connectivity index (χ0v) is 18.5. The summed E-state index contributed by atoms with van der Waals surface area (Å²) in [6, 6.07) is 14.4. The van der Waals surface area contributed by atoms with Gasteiger partial charge in [-0.15, -0.1) is 0 Å². The molecule has 2 aliphatic rings. The molecule has 0 saturated heterocycles. The summed E-state index contributed by atoms with van der Waals surface area (Å²) in [6.07, 6.45) is 5.51. The minimum atomic E-state index is -3.86. The van der Waals surface area contributed by atoms with Crippen molar-refractivity contribution in [2.45, 2.75) is 56.9 Å². The van der Waals surface area contributed by atoms with E-state index in [1.54, 1.807) is 36.4 Å². The molecule has 0 spiro atoms. The van der Waals surface area contributed by atoms with Gasteiger partial charge in [0.15, 0.2) is 0 Å². The highest BCUT2D eigenvalue weighted by atomic mass is 32.2. The molecule has 0 aromatic heterocycles. The van der Waals surface area contributed by atoms with E-state index >= 15 is 0 Å². The average molecular weight is 427 g/mol. The van der Waals surface area contributed by atoms with Crippen molar-refractivity contribution in [1.82, 2.24) is 5.32 Å². The van der Waals surface area contributed by atoms with E-state index in [4.69, 9.17) is 0 Å². The van der Waals surface area contributed by atoms with Gasteiger partial charge in [-0.1, -0.05) is 43.2 Å². The van der Waals surface area contributed by atoms with Crippen molar-refractivity contribution in [3.05, 3.63) is 59.7 Å². The van der Waals surface area contributed by atoms with E-state index in [2.05, 4.69) is 12.2 Å². The van der Waals surface area contributed by atoms with Crippen molar-refractivity contribution in [3.63, 3.8) is 0 Å². The van der Waals surface area contributed by atoms with Gasteiger partial charge in [-0.3, -0.25) is 9.10 Å². The lowest BCUT2D eigenvalue weighted by Crippen LogP contribution is -2.46. The van der Waals surface area contributed by atoms with E-state index < -0.39 is 10.0 Å². The van der Waals surface area contributed by atoms with Crippen LogP contribution in [0.5, 0.6) is 0 Å². The number of fused-ring (bicyclic) bond motifs is 2. The molecule has 2 aromatic carbocycles. The topological polar surface area (TPSA) is 66.5 Å². The number of nitrogens with one attached hydrogen (secondary N) is 1. The van der Waals surface area contributed by atoms with Gasteiger partial charge in [0.2, 0.25) is 5.91 Å². The largest absolute Gasteiger partial charge is 0.352 e. The van der Waals surface area contributed by atoms with Crippen molar-refractivity contribution in [1.29, 1.82) is 0 Å². The van der Waals surface area contributed by atoms with Crippen molar-refractivity contribution < 1.29 is 13.2 Å². The van der Waals surface area contributed by atoms with Crippen molar-refractivity contribution in [2.75, 3.05) is 10.8 Å². The van der Waals surface area contributed by atoms with Gasteiger partial charge in [-0.2, -0.15) is 0 Å². The number of nitrogens with zero attached hydrogens (tertiary/aromatic N) is 1. The minimum absolute atomic E-state index is 0.183. The monoisotopic (exact) mass is 426 g/mol. The number of aryl methyl sites for hydroxylation is 2. The van der Waals surface area contributed by atoms with Gasteiger partial charge in [0.25, 0.3) is 10.0 Å². The summed E-state index contributed by atoms with van der Waals surface area (Å²) < 4.78 is 28.1. The number of hydrogen-bond donors (Lipinski definition) is 1. The van der Waals surface area contributed by atoms with E-state index in [1.807, 2.05) is 19.1 Å². The Hall–Kier alpha value is -2.34. The molecule has 1 N–H and O–H groups in total. The predicted octanol–water partition coefficient (Wildman–Crippen LogP) is 4.06. The molecule has 2 aliphatic carbocycles. The number of amides is 1. The van der Waals surface area contributed by atoms with Crippen LogP contribution in [-0.4, -0.2) is 26.9 Å². The standard InChI is InChI=1S/C24H30N2O3S/c1-3-18-7-10-21(11-8-18)26(30(28,29)22-12-4-17(2)5-13-22)16-24(27)25-23-15-19-6-9-20(23)14-19/h4-5,7-8,10-13,19-20,23H,3,6,9,14-16H2,1-2H3,(H,25,27)/t19-,20-,23-/m1/s1. The zero-order chi connectivity index (χ0) is 21.3. The van der Waals surface area contributed by atoms with Gasteiger partial charge in [0, 0.05) is 6.04 Å². The summed E-state index contributed by atoms with van der Waals surface area (Å²) in [5, 5.41) is 3.12. The SMILES string of the molecule is CCc1ccc(N(CC(=O)N[C@@H]2C[C@@H]3CC[C@@H]2C3)S(=O)(=O)c2ccc(C)cc2)cc1. The van der Waals surface area contributed by atoms with Crippen LogP contribution in [0.25, 0.3) is 0 Å². The molecule has 2 aromatic rings. The maximum absolute atomic E-state index is 13.4. The summed E-state index contributed by atoms with van der Waals surface area (Å²) in [4.78, 5) is 13.1. The summed E-state index contributed by atoms with van der Waals surface area (Å²) in [6.45, 7) is 3.76. The quantitative estimate of drug-likeness (QED) is 0.726. The number of benzene rings is 2. The maximum Gasteiger partial charge on any atom is 0.264 e. The lowest BCUT2D eigenvalue weighted by molar-refractivity contribution is -0.120. The highest BCUT2D eigenvalue weighted by Gasteiger charge is 2.40. The second-order valence-electron chi connectivity index (χ2n) is 8.69. The van der Waals surface area contributed by atoms with Crippen LogP contribution in [0, 0.1) is 18.8 Å². The first kappa shape index (κ1) is 20.9. The molecule has 30 heavy (non-hydrogen) atoms. The molecule has 160 valence electrons. The van der Waals surface area contributed by atoms with Crippen LogP contribution in [0.4, 0.5) is 5.69 Å². The molecule has 2 bridgehead atoms. The third kappa shape index (κ3) is 4.24. The van der Waals surface area contributed by atoms with Gasteiger partial charge < -0.3 is 5.32 Å². The second kappa shape index (κ2) is 8.42. The summed E-state index contributed by atoms with van der Waals surface area (Å²) in [5.41, 5.74) is 2.62. The molecular formula is C24H30N2O3S. The Morgan fingerprint density at radius 2 is 1.73 bits per heavy atom. The predicted molar refractivity (Wildman–Crippen MR) is 119 cm³/mol. The molecule has 0 aliphatic heterocycles. The number of hydrogen-bond acceptors (Lipinski definition) is 3. The summed E-state index contributed by atoms with van der Waals surface area (Å²) >= 11 is 0. The molecule has 4 rings (SSSR count). The third-order valence-corrected chi connectivity index (χ3v) is 8.40. The van der Waals surface area contributed by atoms with E-state index in [0.29, 0.717) is 17.5 Å². The van der Waals surface area contributed by atoms with E-state index in [1.165, 1.54) is 23.6 Å². The van der Waals surface area contributed by atoms with Crippen LogP contribution < -0.4 is 9.62 Å². The maximum atomic E-state index is 13.4. The minimum Gasteiger partial charge on any atom is -0.352 e. The van der Waals surface area contributed by atoms with Gasteiger partial charge in [-0.25, -0.2) is 8.42 Å². The second-order valence-corrected chi connectivity index (χ2v) is 10.6. The summed E-state index contributed by atoms with van der Waals surface area (Å²) in [7, 11) is -3.86. The lowest BCUT2D eigenvalue weighted by Gasteiger charge is -2.27. The van der Waals surface area contributed by atoms with Crippen LogP contribution in [0.15, 0.2) is 53.4 Å². The van der Waals surface area contributed by atoms with Crippen molar-refractivity contribution in [3.8, 4) is 0 Å². The van der Waals surface area contributed by atoms with E-state index in [0.717, 1.165) is 24.0 Å². The van der Waals surface area contributed by atoms with Crippen LogP contribution in [0.1, 0.15) is 43.7 Å². The van der Waals surface area contributed by atoms with Crippen LogP contribution in [0.2, 0.25) is 0 Å². The zero-order valence-electron chi connectivity index (χ0n) is 17.7. The normalized spacial score (nSPS) is 22.8. The van der Waals surface area contributed by atoms with Gasteiger partial charge in [0.05, 0.1) is 10.6 Å². The fourth-order valence-corrected chi connectivity index (χ4v) is 6.28. The Kier molecular flexibility index (Phi) is 5.87. The van der Waals surface area contributed by atoms with Crippen LogP contribution >= 0.6 is 0 Å². The van der Waals surface area contributed by atoms with Gasteiger partial charge in [-0.05, 0) is 74.3 Å². The molecule has 1 amide bonds. The molecule has 0 heterocycles. The number of sulfonamides is 1. The van der Waals surface area contributed by atoms with Crippen LogP contribution in [-0.2, 0) is 21.2 Å². The fourth-order valence-electron chi connectivity index (χ4n) is 4.85. The smallest absolute Gasteiger partial charge is 0.264 e.